The molecule has 2 N–H and O–H groups in total. The predicted molar refractivity (Wildman–Crippen MR) is 102 cm³/mol. The van der Waals surface area contributed by atoms with Crippen molar-refractivity contribution >= 4 is 15.7 Å². The minimum Gasteiger partial charge on any atom is -0.386 e. The normalized spacial score (nSPS) is 15.0. The Kier molecular flexibility index (Phi) is 7.37. The number of nitrogens with zero attached hydrogens (tertiary/aromatic N) is 1. The van der Waals surface area contributed by atoms with E-state index in [1.165, 1.54) is 18.3 Å². The number of hydrogen-bond donors (Lipinski definition) is 2. The number of rotatable bonds is 8. The lowest BCUT2D eigenvalue weighted by molar-refractivity contribution is -0.133. The molecular formula is C19H21F3N2O4S. The Balaban J connectivity index is 2.16. The molecule has 0 bridgehead atoms. The van der Waals surface area contributed by atoms with Crippen molar-refractivity contribution in [3.63, 3.8) is 0 Å². The Hall–Kier alpha value is -2.46. The zero-order valence-corrected chi connectivity index (χ0v) is 16.5. The first-order valence-electron chi connectivity index (χ1n) is 8.62. The van der Waals surface area contributed by atoms with Crippen LogP contribution in [0, 0.1) is 0 Å². The van der Waals surface area contributed by atoms with Gasteiger partial charge in [-0.1, -0.05) is 30.3 Å². The monoisotopic (exact) mass is 430 g/mol. The molecule has 1 amide bonds. The van der Waals surface area contributed by atoms with Crippen LogP contribution in [0.15, 0.2) is 42.6 Å². The summed E-state index contributed by atoms with van der Waals surface area (Å²) < 4.78 is 60.9. The number of carbonyl (C=O) groups is 1. The molecule has 0 aliphatic carbocycles. The van der Waals surface area contributed by atoms with E-state index in [9.17, 15) is 31.5 Å². The first-order valence-corrected chi connectivity index (χ1v) is 10.6. The maximum Gasteiger partial charge on any atom is 0.315 e. The number of halogens is 3. The molecule has 0 radical (unpaired) electrons. The van der Waals surface area contributed by atoms with Gasteiger partial charge in [0.1, 0.15) is 18.0 Å². The predicted octanol–water partition coefficient (Wildman–Crippen LogP) is 2.61. The molecule has 1 heterocycles. The van der Waals surface area contributed by atoms with Crippen molar-refractivity contribution in [2.24, 2.45) is 0 Å². The molecule has 0 spiro atoms. The summed E-state index contributed by atoms with van der Waals surface area (Å²) in [5, 5.41) is 11.2. The van der Waals surface area contributed by atoms with Gasteiger partial charge in [-0.05, 0) is 24.1 Å². The summed E-state index contributed by atoms with van der Waals surface area (Å²) >= 11 is 0. The molecule has 1 aromatic carbocycles. The zero-order chi connectivity index (χ0) is 21.8. The third-order valence-electron chi connectivity index (χ3n) is 4.50. The lowest BCUT2D eigenvalue weighted by Gasteiger charge is -2.22. The smallest absolute Gasteiger partial charge is 0.315 e. The van der Waals surface area contributed by atoms with E-state index < -0.39 is 46.2 Å². The van der Waals surface area contributed by atoms with E-state index in [0.29, 0.717) is 16.8 Å². The van der Waals surface area contributed by atoms with Gasteiger partial charge in [-0.3, -0.25) is 9.78 Å². The number of amides is 1. The van der Waals surface area contributed by atoms with Gasteiger partial charge in [0.15, 0.2) is 9.84 Å². The van der Waals surface area contributed by atoms with E-state index in [1.54, 1.807) is 36.5 Å². The molecule has 0 saturated carbocycles. The summed E-state index contributed by atoms with van der Waals surface area (Å²) in [6.45, 7) is 0.326. The number of aliphatic hydroxyl groups is 1. The van der Waals surface area contributed by atoms with Gasteiger partial charge >= 0.3 is 6.43 Å². The number of carbonyl (C=O) groups excluding carboxylic acids is 1. The van der Waals surface area contributed by atoms with Crippen molar-refractivity contribution in [3.8, 4) is 11.1 Å². The lowest BCUT2D eigenvalue weighted by atomic mass is 9.99. The van der Waals surface area contributed by atoms with Gasteiger partial charge in [0, 0.05) is 18.0 Å². The van der Waals surface area contributed by atoms with Crippen molar-refractivity contribution in [1.82, 2.24) is 10.3 Å². The van der Waals surface area contributed by atoms with E-state index in [4.69, 9.17) is 0 Å². The Bertz CT molecular complexity index is 935. The first-order chi connectivity index (χ1) is 13.5. The van der Waals surface area contributed by atoms with E-state index in [2.05, 4.69) is 4.98 Å². The molecule has 6 nitrogen and oxygen atoms in total. The van der Waals surface area contributed by atoms with Gasteiger partial charge in [0.2, 0.25) is 0 Å². The van der Waals surface area contributed by atoms with Crippen LogP contribution in [0.25, 0.3) is 11.1 Å². The zero-order valence-electron chi connectivity index (χ0n) is 15.7. The standard InChI is InChI=1S/C19H21F3N2O4S/c1-11(29(2,27)28)15-8-7-14(10-23-15)12-3-5-13(6-4-12)17(25)16(9-20)24-19(26)18(21)22/h3-8,10-11,16-18,25H,9H2,1-2H3,(H,24,26)/t11?,16-,17-/m1/s1. The summed E-state index contributed by atoms with van der Waals surface area (Å²) in [6, 6.07) is 7.97. The van der Waals surface area contributed by atoms with Gasteiger partial charge in [0.25, 0.3) is 5.91 Å². The van der Waals surface area contributed by atoms with Gasteiger partial charge in [-0.2, -0.15) is 8.78 Å². The van der Waals surface area contributed by atoms with Crippen LogP contribution in [0.4, 0.5) is 13.2 Å². The molecule has 0 aliphatic rings. The van der Waals surface area contributed by atoms with Crippen LogP contribution in [0.1, 0.15) is 29.5 Å². The molecule has 158 valence electrons. The number of alkyl halides is 3. The molecular weight excluding hydrogens is 409 g/mol. The van der Waals surface area contributed by atoms with Gasteiger partial charge in [-0.25, -0.2) is 12.8 Å². The largest absolute Gasteiger partial charge is 0.386 e. The molecule has 1 aromatic heterocycles. The summed E-state index contributed by atoms with van der Waals surface area (Å²) in [6.07, 6.45) is -2.17. The molecule has 10 heteroatoms. The lowest BCUT2D eigenvalue weighted by Crippen LogP contribution is -2.43. The number of hydrogen-bond acceptors (Lipinski definition) is 5. The van der Waals surface area contributed by atoms with Crippen molar-refractivity contribution in [2.45, 2.75) is 30.7 Å². The summed E-state index contributed by atoms with van der Waals surface area (Å²) in [7, 11) is -3.27. The quantitative estimate of drug-likeness (QED) is 0.671. The second kappa shape index (κ2) is 9.36. The topological polar surface area (TPSA) is 96.4 Å². The summed E-state index contributed by atoms with van der Waals surface area (Å²) in [4.78, 5) is 15.2. The Morgan fingerprint density at radius 3 is 2.17 bits per heavy atom. The Morgan fingerprint density at radius 1 is 1.14 bits per heavy atom. The SMILES string of the molecule is CC(c1ccc(-c2ccc([C@@H](O)[C@@H](CF)NC(=O)C(F)F)cc2)cn1)S(C)(=O)=O. The highest BCUT2D eigenvalue weighted by Crippen LogP contribution is 2.25. The van der Waals surface area contributed by atoms with Gasteiger partial charge < -0.3 is 10.4 Å². The molecule has 0 saturated heterocycles. The first kappa shape index (κ1) is 22.8. The fourth-order valence-corrected chi connectivity index (χ4v) is 3.17. The summed E-state index contributed by atoms with van der Waals surface area (Å²) in [5.41, 5.74) is 2.02. The van der Waals surface area contributed by atoms with E-state index >= 15 is 0 Å². The Morgan fingerprint density at radius 2 is 1.72 bits per heavy atom. The number of sulfone groups is 1. The fourth-order valence-electron chi connectivity index (χ4n) is 2.59. The highest BCUT2D eigenvalue weighted by atomic mass is 32.2. The molecule has 1 unspecified atom stereocenters. The van der Waals surface area contributed by atoms with Gasteiger partial charge in [0.05, 0.1) is 11.7 Å². The molecule has 2 aromatic rings. The van der Waals surface area contributed by atoms with Crippen LogP contribution in [-0.2, 0) is 14.6 Å². The van der Waals surface area contributed by atoms with Crippen LogP contribution in [-0.4, -0.2) is 49.8 Å². The number of pyridine rings is 1. The van der Waals surface area contributed by atoms with E-state index in [-0.39, 0.29) is 5.56 Å². The van der Waals surface area contributed by atoms with Crippen molar-refractivity contribution in [1.29, 1.82) is 0 Å². The number of nitrogens with one attached hydrogen (secondary N) is 1. The molecule has 29 heavy (non-hydrogen) atoms. The number of benzene rings is 1. The highest BCUT2D eigenvalue weighted by Gasteiger charge is 2.26. The van der Waals surface area contributed by atoms with E-state index in [1.807, 2.05) is 0 Å². The van der Waals surface area contributed by atoms with Crippen LogP contribution < -0.4 is 5.32 Å². The average molecular weight is 430 g/mol. The molecule has 0 aliphatic heterocycles. The Labute approximate surface area is 166 Å². The summed E-state index contributed by atoms with van der Waals surface area (Å²) in [5.74, 6) is -1.65. The van der Waals surface area contributed by atoms with Crippen molar-refractivity contribution in [3.05, 3.63) is 53.9 Å². The fraction of sp³-hybridized carbons (Fsp3) is 0.368. The minimum absolute atomic E-state index is 0.237. The van der Waals surface area contributed by atoms with Crippen molar-refractivity contribution in [2.75, 3.05) is 12.9 Å². The third kappa shape index (κ3) is 5.77. The molecule has 3 atom stereocenters. The number of aromatic nitrogens is 1. The van der Waals surface area contributed by atoms with Crippen LogP contribution >= 0.6 is 0 Å². The third-order valence-corrected chi connectivity index (χ3v) is 6.03. The maximum absolute atomic E-state index is 13.1. The second-order valence-corrected chi connectivity index (χ2v) is 8.95. The second-order valence-electron chi connectivity index (χ2n) is 6.58. The van der Waals surface area contributed by atoms with Crippen LogP contribution in [0.3, 0.4) is 0 Å². The van der Waals surface area contributed by atoms with Crippen LogP contribution in [0.5, 0.6) is 0 Å². The van der Waals surface area contributed by atoms with Gasteiger partial charge in [-0.15, -0.1) is 0 Å². The minimum atomic E-state index is -3.31. The molecule has 2 rings (SSSR count). The van der Waals surface area contributed by atoms with E-state index in [0.717, 1.165) is 6.26 Å². The van der Waals surface area contributed by atoms with Crippen LogP contribution in [0.2, 0.25) is 0 Å². The number of aliphatic hydroxyl groups excluding tert-OH is 1. The van der Waals surface area contributed by atoms with Crippen molar-refractivity contribution < 1.29 is 31.5 Å². The highest BCUT2D eigenvalue weighted by molar-refractivity contribution is 7.90. The average Bonchev–Trinajstić information content (AvgIpc) is 2.70. The molecule has 0 fully saturated rings. The maximum atomic E-state index is 13.1.